The number of hydrogen-bond donors (Lipinski definition) is 1. The number of benzene rings is 1. The Bertz CT molecular complexity index is 536. The summed E-state index contributed by atoms with van der Waals surface area (Å²) in [5.41, 5.74) is 4.06. The molecule has 1 N–H and O–H groups in total. The van der Waals surface area contributed by atoms with Gasteiger partial charge < -0.3 is 14.8 Å². The van der Waals surface area contributed by atoms with Crippen molar-refractivity contribution in [1.82, 2.24) is 5.32 Å². The molecule has 0 saturated heterocycles. The van der Waals surface area contributed by atoms with Gasteiger partial charge in [0.2, 0.25) is 0 Å². The number of rotatable bonds is 6. The summed E-state index contributed by atoms with van der Waals surface area (Å²) in [6.45, 7) is 3.98. The third kappa shape index (κ3) is 3.41. The van der Waals surface area contributed by atoms with Crippen LogP contribution in [0, 0.1) is 0 Å². The van der Waals surface area contributed by atoms with E-state index in [1.165, 1.54) is 36.8 Å². The monoisotopic (exact) mass is 287 g/mol. The molecule has 0 bridgehead atoms. The second-order valence-electron chi connectivity index (χ2n) is 6.09. The van der Waals surface area contributed by atoms with Crippen LogP contribution < -0.4 is 14.8 Å². The van der Waals surface area contributed by atoms with Gasteiger partial charge in [0, 0.05) is 24.1 Å². The van der Waals surface area contributed by atoms with E-state index >= 15 is 0 Å². The molecule has 0 spiro atoms. The van der Waals surface area contributed by atoms with Crippen molar-refractivity contribution < 1.29 is 9.47 Å². The summed E-state index contributed by atoms with van der Waals surface area (Å²) in [6.07, 6.45) is 8.71. The average molecular weight is 287 g/mol. The highest BCUT2D eigenvalue weighted by Gasteiger charge is 2.21. The van der Waals surface area contributed by atoms with Gasteiger partial charge in [-0.25, -0.2) is 0 Å². The zero-order chi connectivity index (χ0) is 14.7. The summed E-state index contributed by atoms with van der Waals surface area (Å²) in [6, 6.07) is 4.27. The van der Waals surface area contributed by atoms with E-state index in [0.717, 1.165) is 31.0 Å². The van der Waals surface area contributed by atoms with Crippen LogP contribution in [0.25, 0.3) is 0 Å². The number of fused-ring (bicyclic) bond motifs is 1. The lowest BCUT2D eigenvalue weighted by atomic mass is 10.1. The minimum absolute atomic E-state index is 0.280. The smallest absolute Gasteiger partial charge is 0.123 e. The number of methoxy groups -OCH3 is 1. The van der Waals surface area contributed by atoms with Crippen LogP contribution in [0.3, 0.4) is 0 Å². The molecule has 1 aliphatic heterocycles. The van der Waals surface area contributed by atoms with E-state index in [1.54, 1.807) is 12.7 Å². The SMILES string of the molecule is COc1cc2c(cc1CNCCC1=CCCC1)OC(C)C2. The van der Waals surface area contributed by atoms with Gasteiger partial charge in [-0.05, 0) is 51.3 Å². The molecule has 3 rings (SSSR count). The summed E-state index contributed by atoms with van der Waals surface area (Å²) in [5.74, 6) is 2.00. The van der Waals surface area contributed by atoms with Gasteiger partial charge in [-0.3, -0.25) is 0 Å². The Balaban J connectivity index is 1.58. The molecule has 114 valence electrons. The highest BCUT2D eigenvalue weighted by Crippen LogP contribution is 2.34. The van der Waals surface area contributed by atoms with Crippen LogP contribution in [0.15, 0.2) is 23.8 Å². The molecule has 3 heteroatoms. The summed E-state index contributed by atoms with van der Waals surface area (Å²) < 4.78 is 11.4. The van der Waals surface area contributed by atoms with Crippen molar-refractivity contribution in [2.24, 2.45) is 0 Å². The average Bonchev–Trinajstić information content (AvgIpc) is 3.10. The van der Waals surface area contributed by atoms with Gasteiger partial charge in [-0.1, -0.05) is 11.6 Å². The fraction of sp³-hybridized carbons (Fsp3) is 0.556. The normalized spacial score (nSPS) is 20.1. The largest absolute Gasteiger partial charge is 0.496 e. The molecule has 0 fully saturated rings. The van der Waals surface area contributed by atoms with Gasteiger partial charge in [0.1, 0.15) is 17.6 Å². The molecule has 0 aromatic heterocycles. The maximum atomic E-state index is 5.84. The molecule has 1 aliphatic carbocycles. The molecule has 0 saturated carbocycles. The highest BCUT2D eigenvalue weighted by molar-refractivity contribution is 5.48. The Hall–Kier alpha value is -1.48. The van der Waals surface area contributed by atoms with Crippen molar-refractivity contribution in [1.29, 1.82) is 0 Å². The van der Waals surface area contributed by atoms with Crippen molar-refractivity contribution in [3.8, 4) is 11.5 Å². The van der Waals surface area contributed by atoms with Crippen LogP contribution in [-0.2, 0) is 13.0 Å². The standard InChI is InChI=1S/C18H25NO2/c1-13-9-15-10-17(20-2)16(11-18(15)21-13)12-19-8-7-14-5-3-4-6-14/h5,10-11,13,19H,3-4,6-9,12H2,1-2H3. The summed E-state index contributed by atoms with van der Waals surface area (Å²) in [7, 11) is 1.74. The van der Waals surface area contributed by atoms with E-state index < -0.39 is 0 Å². The molecule has 21 heavy (non-hydrogen) atoms. The topological polar surface area (TPSA) is 30.5 Å². The van der Waals surface area contributed by atoms with E-state index in [-0.39, 0.29) is 6.10 Å². The molecule has 1 aromatic carbocycles. The van der Waals surface area contributed by atoms with E-state index in [0.29, 0.717) is 0 Å². The third-order valence-corrected chi connectivity index (χ3v) is 4.37. The Morgan fingerprint density at radius 1 is 1.38 bits per heavy atom. The quantitative estimate of drug-likeness (QED) is 0.640. The number of ether oxygens (including phenoxy) is 2. The van der Waals surface area contributed by atoms with E-state index in [2.05, 4.69) is 30.4 Å². The second kappa shape index (κ2) is 6.52. The zero-order valence-corrected chi connectivity index (χ0v) is 13.1. The minimum Gasteiger partial charge on any atom is -0.496 e. The van der Waals surface area contributed by atoms with Gasteiger partial charge in [0.15, 0.2) is 0 Å². The van der Waals surface area contributed by atoms with E-state index in [1.807, 2.05) is 0 Å². The van der Waals surface area contributed by atoms with Crippen LogP contribution in [0.4, 0.5) is 0 Å². The number of allylic oxidation sites excluding steroid dienone is 1. The van der Waals surface area contributed by atoms with Crippen LogP contribution >= 0.6 is 0 Å². The third-order valence-electron chi connectivity index (χ3n) is 4.37. The van der Waals surface area contributed by atoms with Gasteiger partial charge in [0.05, 0.1) is 7.11 Å². The van der Waals surface area contributed by atoms with Crippen molar-refractivity contribution in [2.75, 3.05) is 13.7 Å². The first-order valence-electron chi connectivity index (χ1n) is 8.01. The summed E-state index contributed by atoms with van der Waals surface area (Å²) in [5, 5.41) is 3.53. The molecule has 1 heterocycles. The summed E-state index contributed by atoms with van der Waals surface area (Å²) in [4.78, 5) is 0. The molecule has 1 atom stereocenters. The molecule has 0 radical (unpaired) electrons. The lowest BCUT2D eigenvalue weighted by Crippen LogP contribution is -2.15. The number of hydrogen-bond acceptors (Lipinski definition) is 3. The van der Waals surface area contributed by atoms with E-state index in [4.69, 9.17) is 9.47 Å². The Morgan fingerprint density at radius 3 is 3.05 bits per heavy atom. The fourth-order valence-electron chi connectivity index (χ4n) is 3.25. The first kappa shape index (κ1) is 14.5. The van der Waals surface area contributed by atoms with Gasteiger partial charge in [-0.15, -0.1) is 0 Å². The molecule has 1 aromatic rings. The van der Waals surface area contributed by atoms with Crippen molar-refractivity contribution in [3.05, 3.63) is 34.9 Å². The van der Waals surface area contributed by atoms with Crippen LogP contribution in [0.5, 0.6) is 11.5 Å². The maximum absolute atomic E-state index is 5.84. The first-order chi connectivity index (χ1) is 10.3. The van der Waals surface area contributed by atoms with E-state index in [9.17, 15) is 0 Å². The maximum Gasteiger partial charge on any atom is 0.123 e. The fourth-order valence-corrected chi connectivity index (χ4v) is 3.25. The van der Waals surface area contributed by atoms with Crippen LogP contribution in [0.1, 0.15) is 43.7 Å². The Kier molecular flexibility index (Phi) is 4.49. The van der Waals surface area contributed by atoms with Crippen LogP contribution in [0.2, 0.25) is 0 Å². The van der Waals surface area contributed by atoms with Gasteiger partial charge in [0.25, 0.3) is 0 Å². The molecule has 2 aliphatic rings. The Labute approximate surface area is 127 Å². The molecule has 3 nitrogen and oxygen atoms in total. The molecule has 1 unspecified atom stereocenters. The lowest BCUT2D eigenvalue weighted by Gasteiger charge is -2.12. The molecular weight excluding hydrogens is 262 g/mol. The first-order valence-corrected chi connectivity index (χ1v) is 8.01. The van der Waals surface area contributed by atoms with Gasteiger partial charge >= 0.3 is 0 Å². The number of nitrogens with one attached hydrogen (secondary N) is 1. The van der Waals surface area contributed by atoms with Crippen molar-refractivity contribution >= 4 is 0 Å². The highest BCUT2D eigenvalue weighted by atomic mass is 16.5. The molecule has 0 amide bonds. The van der Waals surface area contributed by atoms with Crippen molar-refractivity contribution in [2.45, 2.75) is 51.7 Å². The Morgan fingerprint density at radius 2 is 2.29 bits per heavy atom. The van der Waals surface area contributed by atoms with Gasteiger partial charge in [-0.2, -0.15) is 0 Å². The minimum atomic E-state index is 0.280. The summed E-state index contributed by atoms with van der Waals surface area (Å²) >= 11 is 0. The second-order valence-corrected chi connectivity index (χ2v) is 6.09. The lowest BCUT2D eigenvalue weighted by molar-refractivity contribution is 0.254. The molecular formula is C18H25NO2. The predicted molar refractivity (Wildman–Crippen MR) is 85.0 cm³/mol. The van der Waals surface area contributed by atoms with Crippen LogP contribution in [-0.4, -0.2) is 19.8 Å². The zero-order valence-electron chi connectivity index (χ0n) is 13.1. The van der Waals surface area contributed by atoms with Crippen molar-refractivity contribution in [3.63, 3.8) is 0 Å². The predicted octanol–water partition coefficient (Wildman–Crippen LogP) is 3.61.